The zero-order valence-corrected chi connectivity index (χ0v) is 19.3. The van der Waals surface area contributed by atoms with Crippen molar-refractivity contribution in [2.45, 2.75) is 88.5 Å². The van der Waals surface area contributed by atoms with Crippen molar-refractivity contribution in [3.63, 3.8) is 0 Å². The van der Waals surface area contributed by atoms with Gasteiger partial charge in [-0.25, -0.2) is 4.98 Å². The summed E-state index contributed by atoms with van der Waals surface area (Å²) in [7, 11) is 0. The van der Waals surface area contributed by atoms with Crippen LogP contribution in [0.3, 0.4) is 0 Å². The maximum Gasteiger partial charge on any atom is 0.217 e. The van der Waals surface area contributed by atoms with Crippen molar-refractivity contribution < 1.29 is 9.21 Å². The topological polar surface area (TPSA) is 94.2 Å². The molecular weight excluding hydrogens is 458 g/mol. The van der Waals surface area contributed by atoms with Crippen molar-refractivity contribution >= 4 is 38.6 Å². The summed E-state index contributed by atoms with van der Waals surface area (Å²) in [6.07, 6.45) is 11.1. The number of furan rings is 1. The van der Waals surface area contributed by atoms with Gasteiger partial charge >= 0.3 is 0 Å². The van der Waals surface area contributed by atoms with Gasteiger partial charge in [-0.05, 0) is 67.3 Å². The number of anilines is 1. The molecule has 2 aliphatic heterocycles. The minimum absolute atomic E-state index is 0.0988. The molecule has 2 aromatic heterocycles. The first-order valence-corrected chi connectivity index (χ1v) is 12.1. The number of nitrogens with zero attached hydrogens (tertiary/aromatic N) is 3. The van der Waals surface area contributed by atoms with E-state index in [9.17, 15) is 4.79 Å². The van der Waals surface area contributed by atoms with Gasteiger partial charge in [-0.2, -0.15) is 5.26 Å². The molecule has 2 unspecified atom stereocenters. The number of pyridine rings is 1. The molecule has 4 heterocycles. The quantitative estimate of drug-likeness (QED) is 0.669. The predicted molar refractivity (Wildman–Crippen MR) is 122 cm³/mol. The van der Waals surface area contributed by atoms with E-state index in [2.05, 4.69) is 36.4 Å². The highest BCUT2D eigenvalue weighted by Gasteiger charge is 2.44. The average Bonchev–Trinajstić information content (AvgIpc) is 3.29. The maximum atomic E-state index is 11.5. The predicted octanol–water partition coefficient (Wildman–Crippen LogP) is 4.32. The molecule has 5 rings (SSSR count). The summed E-state index contributed by atoms with van der Waals surface area (Å²) in [5, 5.41) is 16.7. The normalized spacial score (nSPS) is 30.8. The van der Waals surface area contributed by atoms with E-state index in [-0.39, 0.29) is 5.91 Å². The fourth-order valence-electron chi connectivity index (χ4n) is 6.06. The molecule has 1 aliphatic carbocycles. The van der Waals surface area contributed by atoms with Gasteiger partial charge in [0.05, 0.1) is 10.7 Å². The van der Waals surface area contributed by atoms with Gasteiger partial charge in [-0.15, -0.1) is 0 Å². The van der Waals surface area contributed by atoms with E-state index in [1.807, 2.05) is 6.07 Å². The van der Waals surface area contributed by atoms with E-state index >= 15 is 0 Å². The third kappa shape index (κ3) is 4.06. The molecule has 2 aromatic rings. The van der Waals surface area contributed by atoms with Crippen molar-refractivity contribution in [1.82, 2.24) is 15.2 Å². The van der Waals surface area contributed by atoms with Crippen LogP contribution in [0.4, 0.5) is 5.82 Å². The second-order valence-corrected chi connectivity index (χ2v) is 10.1. The van der Waals surface area contributed by atoms with Crippen LogP contribution in [0.2, 0.25) is 0 Å². The van der Waals surface area contributed by atoms with Crippen LogP contribution in [0.25, 0.3) is 11.0 Å². The first-order chi connectivity index (χ1) is 15.0. The highest BCUT2D eigenvalue weighted by molar-refractivity contribution is 9.10. The van der Waals surface area contributed by atoms with Gasteiger partial charge in [-0.1, -0.05) is 0 Å². The van der Waals surface area contributed by atoms with Crippen LogP contribution in [0.15, 0.2) is 21.2 Å². The SMILES string of the molecule is CC(=O)NC1CC2CC[C@@H](C1)N2C1CCC(Nc2ncc3oc(C#N)cc3c2Br)CC1. The number of hydrogen-bond acceptors (Lipinski definition) is 6. The fraction of sp³-hybridized carbons (Fsp3) is 0.609. The molecule has 3 fully saturated rings. The van der Waals surface area contributed by atoms with Crippen LogP contribution in [-0.4, -0.2) is 46.0 Å². The number of nitrogens with one attached hydrogen (secondary N) is 2. The number of halogens is 1. The second-order valence-electron chi connectivity index (χ2n) is 9.27. The first-order valence-electron chi connectivity index (χ1n) is 11.3. The molecule has 8 heteroatoms. The second kappa shape index (κ2) is 8.44. The third-order valence-corrected chi connectivity index (χ3v) is 8.09. The number of hydrogen-bond donors (Lipinski definition) is 2. The highest BCUT2D eigenvalue weighted by atomic mass is 79.9. The van der Waals surface area contributed by atoms with Crippen LogP contribution in [0, 0.1) is 11.3 Å². The van der Waals surface area contributed by atoms with Gasteiger partial charge < -0.3 is 15.1 Å². The Morgan fingerprint density at radius 2 is 1.84 bits per heavy atom. The van der Waals surface area contributed by atoms with E-state index < -0.39 is 0 Å². The number of aromatic nitrogens is 1. The zero-order valence-electron chi connectivity index (χ0n) is 17.7. The molecule has 1 saturated carbocycles. The molecule has 2 N–H and O–H groups in total. The van der Waals surface area contributed by atoms with Crippen molar-refractivity contribution in [2.75, 3.05) is 5.32 Å². The minimum atomic E-state index is 0.0988. The van der Waals surface area contributed by atoms with Crippen LogP contribution in [-0.2, 0) is 4.79 Å². The smallest absolute Gasteiger partial charge is 0.217 e. The van der Waals surface area contributed by atoms with Crippen LogP contribution in [0.1, 0.15) is 64.1 Å². The Morgan fingerprint density at radius 1 is 1.16 bits per heavy atom. The fourth-order valence-corrected chi connectivity index (χ4v) is 6.59. The molecule has 1 amide bonds. The number of nitriles is 1. The standard InChI is InChI=1S/C23H28BrN5O2/c1-13(30)27-15-8-17-6-7-18(9-15)29(17)16-4-2-14(3-5-16)28-23-22(24)20-10-19(11-25)31-21(20)12-26-23/h10,12,14-18H,2-9H2,1H3,(H,26,28)(H,27,30)/t14?,15?,16?,17-,18?/m0/s1. The molecule has 2 saturated heterocycles. The minimum Gasteiger partial charge on any atom is -0.444 e. The largest absolute Gasteiger partial charge is 0.444 e. The van der Waals surface area contributed by atoms with Crippen molar-refractivity contribution in [3.8, 4) is 6.07 Å². The van der Waals surface area contributed by atoms with Crippen molar-refractivity contribution in [3.05, 3.63) is 22.5 Å². The lowest BCUT2D eigenvalue weighted by atomic mass is 9.86. The third-order valence-electron chi connectivity index (χ3n) is 7.28. The number of rotatable bonds is 4. The van der Waals surface area contributed by atoms with E-state index in [0.717, 1.165) is 41.4 Å². The zero-order chi connectivity index (χ0) is 21.5. The molecule has 164 valence electrons. The number of carbonyl (C=O) groups is 1. The molecular formula is C23H28BrN5O2. The summed E-state index contributed by atoms with van der Waals surface area (Å²) in [4.78, 5) is 18.8. The molecule has 0 spiro atoms. The summed E-state index contributed by atoms with van der Waals surface area (Å²) >= 11 is 3.64. The Morgan fingerprint density at radius 3 is 2.48 bits per heavy atom. The number of amides is 1. The molecule has 7 nitrogen and oxygen atoms in total. The highest BCUT2D eigenvalue weighted by Crippen LogP contribution is 2.41. The summed E-state index contributed by atoms with van der Waals surface area (Å²) in [6, 6.07) is 6.45. The lowest BCUT2D eigenvalue weighted by Gasteiger charge is -2.46. The molecule has 31 heavy (non-hydrogen) atoms. The molecule has 2 bridgehead atoms. The number of piperidine rings is 1. The van der Waals surface area contributed by atoms with E-state index in [1.165, 1.54) is 25.7 Å². The Kier molecular flexibility index (Phi) is 5.65. The van der Waals surface area contributed by atoms with E-state index in [4.69, 9.17) is 9.68 Å². The summed E-state index contributed by atoms with van der Waals surface area (Å²) in [5.74, 6) is 1.21. The maximum absolute atomic E-state index is 11.5. The Labute approximate surface area is 190 Å². The van der Waals surface area contributed by atoms with Crippen LogP contribution < -0.4 is 10.6 Å². The van der Waals surface area contributed by atoms with Gasteiger partial charge in [0, 0.05) is 48.6 Å². The number of fused-ring (bicyclic) bond motifs is 3. The average molecular weight is 486 g/mol. The summed E-state index contributed by atoms with van der Waals surface area (Å²) in [5.41, 5.74) is 0.621. The van der Waals surface area contributed by atoms with E-state index in [0.29, 0.717) is 41.6 Å². The number of carbonyl (C=O) groups excluding carboxylic acids is 1. The van der Waals surface area contributed by atoms with Crippen molar-refractivity contribution in [2.24, 2.45) is 0 Å². The molecule has 3 atom stereocenters. The summed E-state index contributed by atoms with van der Waals surface area (Å²) < 4.78 is 6.33. The Bertz CT molecular complexity index is 1010. The van der Waals surface area contributed by atoms with Crippen LogP contribution in [0.5, 0.6) is 0 Å². The van der Waals surface area contributed by atoms with E-state index in [1.54, 1.807) is 19.2 Å². The summed E-state index contributed by atoms with van der Waals surface area (Å²) in [6.45, 7) is 1.63. The van der Waals surface area contributed by atoms with Gasteiger partial charge in [0.25, 0.3) is 0 Å². The molecule has 0 radical (unpaired) electrons. The lowest BCUT2D eigenvalue weighted by Crippen LogP contribution is -2.54. The molecule has 0 aromatic carbocycles. The first kappa shape index (κ1) is 20.8. The van der Waals surface area contributed by atoms with Gasteiger partial charge in [0.15, 0.2) is 5.58 Å². The Balaban J connectivity index is 1.20. The lowest BCUT2D eigenvalue weighted by molar-refractivity contribution is -0.120. The Hall–Kier alpha value is -2.11. The molecule has 3 aliphatic rings. The van der Waals surface area contributed by atoms with Gasteiger partial charge in [0.1, 0.15) is 11.9 Å². The van der Waals surface area contributed by atoms with Crippen molar-refractivity contribution in [1.29, 1.82) is 5.26 Å². The van der Waals surface area contributed by atoms with Gasteiger partial charge in [-0.3, -0.25) is 9.69 Å². The van der Waals surface area contributed by atoms with Gasteiger partial charge in [0.2, 0.25) is 11.7 Å². The monoisotopic (exact) mass is 485 g/mol. The van der Waals surface area contributed by atoms with Crippen LogP contribution >= 0.6 is 15.9 Å².